The molecule has 0 unspecified atom stereocenters. The van der Waals surface area contributed by atoms with Gasteiger partial charge in [-0.05, 0) is 56.7 Å². The first-order chi connectivity index (χ1) is 15.3. The van der Waals surface area contributed by atoms with E-state index < -0.39 is 5.60 Å². The number of likely N-dealkylation sites (tertiary alicyclic amines) is 1. The van der Waals surface area contributed by atoms with Crippen molar-refractivity contribution in [1.29, 1.82) is 0 Å². The van der Waals surface area contributed by atoms with Gasteiger partial charge in [0.05, 0.1) is 20.8 Å². The predicted molar refractivity (Wildman–Crippen MR) is 123 cm³/mol. The zero-order chi connectivity index (χ0) is 23.1. The molecular weight excluding hydrogens is 408 g/mol. The number of nitrogens with zero attached hydrogens (tertiary/aromatic N) is 2. The van der Waals surface area contributed by atoms with Gasteiger partial charge < -0.3 is 23.8 Å². The van der Waals surface area contributed by atoms with E-state index in [9.17, 15) is 4.79 Å². The summed E-state index contributed by atoms with van der Waals surface area (Å²) in [6.45, 7) is 7.68. The highest BCUT2D eigenvalue weighted by molar-refractivity contribution is 5.68. The Balaban J connectivity index is 1.47. The average Bonchev–Trinajstić information content (AvgIpc) is 2.78. The lowest BCUT2D eigenvalue weighted by molar-refractivity contribution is 0.0205. The van der Waals surface area contributed by atoms with E-state index >= 15 is 0 Å². The SMILES string of the molecule is COc1ccc(OCCc2ccc(C3CCN(C(=O)OC(C)(C)C)CC3)cc2)c(OC)n1. The summed E-state index contributed by atoms with van der Waals surface area (Å²) in [7, 11) is 3.13. The van der Waals surface area contributed by atoms with Crippen molar-refractivity contribution in [2.75, 3.05) is 33.9 Å². The second kappa shape index (κ2) is 10.6. The van der Waals surface area contributed by atoms with Crippen LogP contribution in [0.25, 0.3) is 0 Å². The van der Waals surface area contributed by atoms with Gasteiger partial charge in [-0.25, -0.2) is 4.79 Å². The van der Waals surface area contributed by atoms with E-state index in [0.29, 0.717) is 30.0 Å². The number of hydrogen-bond acceptors (Lipinski definition) is 6. The maximum atomic E-state index is 12.3. The maximum Gasteiger partial charge on any atom is 0.410 e. The third-order valence-corrected chi connectivity index (χ3v) is 5.45. The van der Waals surface area contributed by atoms with Crippen LogP contribution >= 0.6 is 0 Å². The van der Waals surface area contributed by atoms with E-state index in [2.05, 4.69) is 29.2 Å². The van der Waals surface area contributed by atoms with Gasteiger partial charge >= 0.3 is 6.09 Å². The number of carbonyl (C=O) groups excluding carboxylic acids is 1. The fourth-order valence-corrected chi connectivity index (χ4v) is 3.74. The number of rotatable bonds is 7. The molecule has 1 aromatic heterocycles. The summed E-state index contributed by atoms with van der Waals surface area (Å²) in [6.07, 6.45) is 2.47. The molecule has 0 saturated carbocycles. The normalized spacial score (nSPS) is 14.7. The molecule has 1 aliphatic heterocycles. The van der Waals surface area contributed by atoms with Crippen molar-refractivity contribution in [3.05, 3.63) is 47.5 Å². The molecule has 1 aliphatic rings. The minimum atomic E-state index is -0.456. The molecule has 2 heterocycles. The highest BCUT2D eigenvalue weighted by Gasteiger charge is 2.27. The molecule has 1 fully saturated rings. The summed E-state index contributed by atoms with van der Waals surface area (Å²) in [4.78, 5) is 18.3. The van der Waals surface area contributed by atoms with Crippen molar-refractivity contribution in [3.63, 3.8) is 0 Å². The molecule has 174 valence electrons. The van der Waals surface area contributed by atoms with E-state index in [-0.39, 0.29) is 6.09 Å². The highest BCUT2D eigenvalue weighted by atomic mass is 16.6. The Hall–Kier alpha value is -2.96. The maximum absolute atomic E-state index is 12.3. The van der Waals surface area contributed by atoms with Crippen LogP contribution in [0.4, 0.5) is 4.79 Å². The van der Waals surface area contributed by atoms with Gasteiger partial charge in [0, 0.05) is 25.6 Å². The molecule has 0 N–H and O–H groups in total. The largest absolute Gasteiger partial charge is 0.488 e. The Labute approximate surface area is 190 Å². The second-order valence-corrected chi connectivity index (χ2v) is 8.94. The van der Waals surface area contributed by atoms with Gasteiger partial charge in [0.15, 0.2) is 5.75 Å². The third-order valence-electron chi connectivity index (χ3n) is 5.45. The summed E-state index contributed by atoms with van der Waals surface area (Å²) >= 11 is 0. The quantitative estimate of drug-likeness (QED) is 0.611. The predicted octanol–water partition coefficient (Wildman–Crippen LogP) is 4.83. The van der Waals surface area contributed by atoms with E-state index in [4.69, 9.17) is 18.9 Å². The molecule has 0 radical (unpaired) electrons. The second-order valence-electron chi connectivity index (χ2n) is 8.94. The highest BCUT2D eigenvalue weighted by Crippen LogP contribution is 2.30. The number of amides is 1. The third kappa shape index (κ3) is 6.52. The van der Waals surface area contributed by atoms with Crippen LogP contribution in [0.1, 0.15) is 50.7 Å². The van der Waals surface area contributed by atoms with Crippen LogP contribution in [-0.2, 0) is 11.2 Å². The molecule has 32 heavy (non-hydrogen) atoms. The van der Waals surface area contributed by atoms with E-state index in [1.165, 1.54) is 11.1 Å². The molecule has 7 heteroatoms. The van der Waals surface area contributed by atoms with Gasteiger partial charge in [-0.15, -0.1) is 0 Å². The number of carbonyl (C=O) groups is 1. The number of methoxy groups -OCH3 is 2. The summed E-state index contributed by atoms with van der Waals surface area (Å²) < 4.78 is 21.7. The number of pyridine rings is 1. The fourth-order valence-electron chi connectivity index (χ4n) is 3.74. The van der Waals surface area contributed by atoms with Crippen LogP contribution in [-0.4, -0.2) is 55.5 Å². The van der Waals surface area contributed by atoms with Gasteiger partial charge in [-0.2, -0.15) is 4.98 Å². The molecule has 1 aromatic carbocycles. The average molecular weight is 443 g/mol. The number of ether oxygens (including phenoxy) is 4. The molecular formula is C25H34N2O5. The van der Waals surface area contributed by atoms with Gasteiger partial charge in [0.25, 0.3) is 5.88 Å². The van der Waals surface area contributed by atoms with Gasteiger partial charge in [-0.1, -0.05) is 24.3 Å². The first-order valence-electron chi connectivity index (χ1n) is 11.1. The van der Waals surface area contributed by atoms with Crippen molar-refractivity contribution in [1.82, 2.24) is 9.88 Å². The van der Waals surface area contributed by atoms with Crippen LogP contribution in [0, 0.1) is 0 Å². The van der Waals surface area contributed by atoms with Crippen LogP contribution < -0.4 is 14.2 Å². The first kappa shape index (κ1) is 23.7. The zero-order valence-electron chi connectivity index (χ0n) is 19.7. The molecule has 0 bridgehead atoms. The Morgan fingerprint density at radius 3 is 2.31 bits per heavy atom. The Kier molecular flexibility index (Phi) is 7.83. The first-order valence-corrected chi connectivity index (χ1v) is 11.1. The number of benzene rings is 1. The zero-order valence-corrected chi connectivity index (χ0v) is 19.7. The molecule has 0 atom stereocenters. The molecule has 3 rings (SSSR count). The standard InChI is InChI=1S/C25H34N2O5/c1-25(2,3)32-24(28)27-15-12-20(13-16-27)19-8-6-18(7-9-19)14-17-31-21-10-11-22(29-4)26-23(21)30-5/h6-11,20H,12-17H2,1-5H3. The summed E-state index contributed by atoms with van der Waals surface area (Å²) in [5.41, 5.74) is 2.07. The summed E-state index contributed by atoms with van der Waals surface area (Å²) in [6, 6.07) is 12.3. The molecule has 0 spiro atoms. The fraction of sp³-hybridized carbons (Fsp3) is 0.520. The van der Waals surface area contributed by atoms with Gasteiger partial charge in [-0.3, -0.25) is 0 Å². The van der Waals surface area contributed by atoms with Crippen LogP contribution in [0.3, 0.4) is 0 Å². The van der Waals surface area contributed by atoms with Crippen LogP contribution in [0.15, 0.2) is 36.4 Å². The number of piperidine rings is 1. The van der Waals surface area contributed by atoms with Crippen molar-refractivity contribution in [2.45, 2.75) is 51.6 Å². The minimum absolute atomic E-state index is 0.213. The smallest absolute Gasteiger partial charge is 0.410 e. The van der Waals surface area contributed by atoms with E-state index in [0.717, 1.165) is 32.4 Å². The molecule has 0 aliphatic carbocycles. The topological polar surface area (TPSA) is 70.1 Å². The van der Waals surface area contributed by atoms with E-state index in [1.54, 1.807) is 26.4 Å². The Morgan fingerprint density at radius 1 is 1.03 bits per heavy atom. The van der Waals surface area contributed by atoms with Gasteiger partial charge in [0.2, 0.25) is 5.88 Å². The lowest BCUT2D eigenvalue weighted by Crippen LogP contribution is -2.41. The lowest BCUT2D eigenvalue weighted by Gasteiger charge is -2.33. The van der Waals surface area contributed by atoms with Crippen molar-refractivity contribution >= 4 is 6.09 Å². The van der Waals surface area contributed by atoms with Crippen molar-refractivity contribution in [3.8, 4) is 17.5 Å². The molecule has 1 amide bonds. The Morgan fingerprint density at radius 2 is 1.72 bits per heavy atom. The number of hydrogen-bond donors (Lipinski definition) is 0. The molecule has 1 saturated heterocycles. The number of aromatic nitrogens is 1. The molecule has 7 nitrogen and oxygen atoms in total. The monoisotopic (exact) mass is 442 g/mol. The van der Waals surface area contributed by atoms with Crippen LogP contribution in [0.5, 0.6) is 17.5 Å². The van der Waals surface area contributed by atoms with Crippen molar-refractivity contribution < 1.29 is 23.7 Å². The minimum Gasteiger partial charge on any atom is -0.488 e. The summed E-state index contributed by atoms with van der Waals surface area (Å²) in [5, 5.41) is 0. The summed E-state index contributed by atoms with van der Waals surface area (Å²) in [5.74, 6) is 1.97. The van der Waals surface area contributed by atoms with Crippen molar-refractivity contribution in [2.24, 2.45) is 0 Å². The van der Waals surface area contributed by atoms with Gasteiger partial charge in [0.1, 0.15) is 5.60 Å². The van der Waals surface area contributed by atoms with Crippen LogP contribution in [0.2, 0.25) is 0 Å². The van der Waals surface area contributed by atoms with E-state index in [1.807, 2.05) is 25.7 Å². The lowest BCUT2D eigenvalue weighted by atomic mass is 9.89. The Bertz CT molecular complexity index is 884. The molecule has 2 aromatic rings.